The third-order valence-electron chi connectivity index (χ3n) is 2.35. The standard InChI is InChI=1S/C9H12N2O4S.ClH/c12-16(13,14)8-1-2-9(10-7-8)11-3-5-15-6-4-11;/h1-2,7H,3-6H2,(H,12,13,14);1H. The Hall–Kier alpha value is -0.890. The molecule has 1 aromatic heterocycles. The van der Waals surface area contributed by atoms with Crippen LogP contribution < -0.4 is 4.90 Å². The Morgan fingerprint density at radius 1 is 1.29 bits per heavy atom. The molecule has 1 aliphatic rings. The fourth-order valence-corrected chi connectivity index (χ4v) is 1.93. The van der Waals surface area contributed by atoms with Crippen molar-refractivity contribution < 1.29 is 17.7 Å². The molecule has 8 heteroatoms. The summed E-state index contributed by atoms with van der Waals surface area (Å²) in [5, 5.41) is 0. The first kappa shape index (κ1) is 14.2. The van der Waals surface area contributed by atoms with Gasteiger partial charge in [-0.15, -0.1) is 12.4 Å². The van der Waals surface area contributed by atoms with Gasteiger partial charge >= 0.3 is 0 Å². The fourth-order valence-electron chi connectivity index (χ4n) is 1.50. The van der Waals surface area contributed by atoms with Gasteiger partial charge in [0.25, 0.3) is 10.1 Å². The molecular formula is C9H13ClN2O4S. The summed E-state index contributed by atoms with van der Waals surface area (Å²) in [5.41, 5.74) is 0. The Morgan fingerprint density at radius 2 is 1.94 bits per heavy atom. The lowest BCUT2D eigenvalue weighted by Gasteiger charge is -2.27. The van der Waals surface area contributed by atoms with Gasteiger partial charge in [-0.1, -0.05) is 0 Å². The van der Waals surface area contributed by atoms with Crippen LogP contribution in [0.25, 0.3) is 0 Å². The van der Waals surface area contributed by atoms with Crippen molar-refractivity contribution in [3.63, 3.8) is 0 Å². The van der Waals surface area contributed by atoms with E-state index in [1.165, 1.54) is 6.07 Å². The van der Waals surface area contributed by atoms with E-state index in [0.29, 0.717) is 19.0 Å². The Balaban J connectivity index is 0.00000144. The predicted molar refractivity (Wildman–Crippen MR) is 64.3 cm³/mol. The summed E-state index contributed by atoms with van der Waals surface area (Å²) >= 11 is 0. The van der Waals surface area contributed by atoms with Crippen LogP contribution in [0.5, 0.6) is 0 Å². The largest absolute Gasteiger partial charge is 0.378 e. The maximum atomic E-state index is 10.8. The van der Waals surface area contributed by atoms with Gasteiger partial charge in [0, 0.05) is 13.1 Å². The highest BCUT2D eigenvalue weighted by Crippen LogP contribution is 2.15. The van der Waals surface area contributed by atoms with E-state index in [9.17, 15) is 8.42 Å². The van der Waals surface area contributed by atoms with Crippen molar-refractivity contribution in [1.82, 2.24) is 4.98 Å². The maximum absolute atomic E-state index is 10.8. The molecule has 1 aromatic rings. The summed E-state index contributed by atoms with van der Waals surface area (Å²) in [6.45, 7) is 2.75. The first-order chi connectivity index (χ1) is 7.57. The van der Waals surface area contributed by atoms with Crippen LogP contribution in [0.15, 0.2) is 23.2 Å². The van der Waals surface area contributed by atoms with Crippen molar-refractivity contribution in [3.8, 4) is 0 Å². The molecule has 96 valence electrons. The van der Waals surface area contributed by atoms with E-state index in [2.05, 4.69) is 4.98 Å². The van der Waals surface area contributed by atoms with E-state index in [4.69, 9.17) is 9.29 Å². The fraction of sp³-hybridized carbons (Fsp3) is 0.444. The first-order valence-electron chi connectivity index (χ1n) is 4.83. The molecule has 1 fully saturated rings. The molecule has 0 amide bonds. The lowest BCUT2D eigenvalue weighted by atomic mass is 10.4. The zero-order valence-electron chi connectivity index (χ0n) is 8.94. The molecular weight excluding hydrogens is 268 g/mol. The van der Waals surface area contributed by atoms with Crippen molar-refractivity contribution in [2.75, 3.05) is 31.2 Å². The number of nitrogens with zero attached hydrogens (tertiary/aromatic N) is 2. The van der Waals surface area contributed by atoms with Crippen LogP contribution in [0.4, 0.5) is 5.82 Å². The Bertz CT molecular complexity index is 456. The van der Waals surface area contributed by atoms with Gasteiger partial charge in [-0.25, -0.2) is 4.98 Å². The quantitative estimate of drug-likeness (QED) is 0.799. The van der Waals surface area contributed by atoms with Crippen LogP contribution in [-0.2, 0) is 14.9 Å². The van der Waals surface area contributed by atoms with E-state index < -0.39 is 10.1 Å². The van der Waals surface area contributed by atoms with Crippen LogP contribution in [0.2, 0.25) is 0 Å². The van der Waals surface area contributed by atoms with Crippen LogP contribution in [-0.4, -0.2) is 44.3 Å². The Labute approximate surface area is 106 Å². The molecule has 2 heterocycles. The van der Waals surface area contributed by atoms with Crippen LogP contribution >= 0.6 is 12.4 Å². The van der Waals surface area contributed by atoms with Crippen molar-refractivity contribution in [2.45, 2.75) is 4.90 Å². The minimum atomic E-state index is -4.16. The van der Waals surface area contributed by atoms with E-state index in [0.717, 1.165) is 19.3 Å². The van der Waals surface area contributed by atoms with Gasteiger partial charge in [-0.05, 0) is 12.1 Å². The number of ether oxygens (including phenoxy) is 1. The number of anilines is 1. The zero-order valence-corrected chi connectivity index (χ0v) is 10.6. The van der Waals surface area contributed by atoms with Crippen LogP contribution in [0.3, 0.4) is 0 Å². The molecule has 1 N–H and O–H groups in total. The topological polar surface area (TPSA) is 79.7 Å². The molecule has 1 saturated heterocycles. The second kappa shape index (κ2) is 5.63. The monoisotopic (exact) mass is 280 g/mol. The van der Waals surface area contributed by atoms with Crippen molar-refractivity contribution in [2.24, 2.45) is 0 Å². The average Bonchev–Trinajstić information content (AvgIpc) is 2.29. The molecule has 17 heavy (non-hydrogen) atoms. The normalized spacial score (nSPS) is 16.4. The minimum Gasteiger partial charge on any atom is -0.378 e. The molecule has 6 nitrogen and oxygen atoms in total. The lowest BCUT2D eigenvalue weighted by molar-refractivity contribution is 0.122. The van der Waals surface area contributed by atoms with E-state index in [1.807, 2.05) is 4.90 Å². The molecule has 0 atom stereocenters. The smallest absolute Gasteiger partial charge is 0.296 e. The number of hydrogen-bond donors (Lipinski definition) is 1. The second-order valence-corrected chi connectivity index (χ2v) is 4.85. The minimum absolute atomic E-state index is 0. The summed E-state index contributed by atoms with van der Waals surface area (Å²) in [4.78, 5) is 5.81. The highest BCUT2D eigenvalue weighted by molar-refractivity contribution is 7.85. The van der Waals surface area contributed by atoms with Gasteiger partial charge in [0.2, 0.25) is 0 Å². The van der Waals surface area contributed by atoms with Gasteiger partial charge in [-0.3, -0.25) is 4.55 Å². The first-order valence-corrected chi connectivity index (χ1v) is 6.27. The zero-order chi connectivity index (χ0) is 11.6. The molecule has 0 saturated carbocycles. The third-order valence-corrected chi connectivity index (χ3v) is 3.19. The SMILES string of the molecule is Cl.O=S(=O)(O)c1ccc(N2CCOCC2)nc1. The molecule has 0 aliphatic carbocycles. The highest BCUT2D eigenvalue weighted by Gasteiger charge is 2.14. The van der Waals surface area contributed by atoms with E-state index in [1.54, 1.807) is 6.07 Å². The van der Waals surface area contributed by atoms with Crippen molar-refractivity contribution in [1.29, 1.82) is 0 Å². The number of pyridine rings is 1. The predicted octanol–water partition coefficient (Wildman–Crippen LogP) is 0.587. The number of morpholine rings is 1. The maximum Gasteiger partial charge on any atom is 0.296 e. The summed E-state index contributed by atoms with van der Waals surface area (Å²) in [5.74, 6) is 0.690. The van der Waals surface area contributed by atoms with E-state index in [-0.39, 0.29) is 17.3 Å². The number of hydrogen-bond acceptors (Lipinski definition) is 5. The Kier molecular flexibility index (Phi) is 4.70. The summed E-state index contributed by atoms with van der Waals surface area (Å²) < 4.78 is 35.6. The number of aromatic nitrogens is 1. The van der Waals surface area contributed by atoms with Gasteiger partial charge in [0.05, 0.1) is 19.4 Å². The van der Waals surface area contributed by atoms with Crippen molar-refractivity contribution >= 4 is 28.3 Å². The highest BCUT2D eigenvalue weighted by atomic mass is 35.5. The second-order valence-electron chi connectivity index (χ2n) is 3.43. The van der Waals surface area contributed by atoms with Crippen LogP contribution in [0, 0.1) is 0 Å². The molecule has 0 aromatic carbocycles. The van der Waals surface area contributed by atoms with Crippen molar-refractivity contribution in [3.05, 3.63) is 18.3 Å². The van der Waals surface area contributed by atoms with E-state index >= 15 is 0 Å². The Morgan fingerprint density at radius 3 is 2.41 bits per heavy atom. The van der Waals surface area contributed by atoms with Gasteiger partial charge < -0.3 is 9.64 Å². The molecule has 0 unspecified atom stereocenters. The summed E-state index contributed by atoms with van der Waals surface area (Å²) in [7, 11) is -4.16. The molecule has 0 radical (unpaired) electrons. The summed E-state index contributed by atoms with van der Waals surface area (Å²) in [6, 6.07) is 2.92. The molecule has 0 bridgehead atoms. The number of halogens is 1. The average molecular weight is 281 g/mol. The third kappa shape index (κ3) is 3.53. The molecule has 0 spiro atoms. The van der Waals surface area contributed by atoms with Gasteiger partial charge in [0.1, 0.15) is 10.7 Å². The molecule has 1 aliphatic heterocycles. The number of rotatable bonds is 2. The van der Waals surface area contributed by atoms with Gasteiger partial charge in [-0.2, -0.15) is 8.42 Å². The molecule has 2 rings (SSSR count). The summed E-state index contributed by atoms with van der Waals surface area (Å²) in [6.07, 6.45) is 1.15. The van der Waals surface area contributed by atoms with Gasteiger partial charge in [0.15, 0.2) is 0 Å². The lowest BCUT2D eigenvalue weighted by Crippen LogP contribution is -2.36. The van der Waals surface area contributed by atoms with Crippen LogP contribution in [0.1, 0.15) is 0 Å².